The van der Waals surface area contributed by atoms with Gasteiger partial charge in [-0.3, -0.25) is 4.79 Å². The maximum atomic E-state index is 12.7. The van der Waals surface area contributed by atoms with E-state index in [2.05, 4.69) is 30.5 Å². The first-order chi connectivity index (χ1) is 14.0. The summed E-state index contributed by atoms with van der Waals surface area (Å²) >= 11 is 5.05. The van der Waals surface area contributed by atoms with E-state index in [1.165, 1.54) is 5.56 Å². The minimum atomic E-state index is -0.266. The van der Waals surface area contributed by atoms with Gasteiger partial charge in [0.2, 0.25) is 0 Å². The van der Waals surface area contributed by atoms with Gasteiger partial charge in [0, 0.05) is 42.1 Å². The molecule has 2 aromatic carbocycles. The molecule has 0 radical (unpaired) electrons. The highest BCUT2D eigenvalue weighted by Gasteiger charge is 2.30. The molecule has 1 aliphatic carbocycles. The number of hydrogen-bond donors (Lipinski definition) is 3. The number of rotatable bonds is 8. The van der Waals surface area contributed by atoms with Crippen LogP contribution in [0.5, 0.6) is 0 Å². The predicted octanol–water partition coefficient (Wildman–Crippen LogP) is 3.82. The maximum absolute atomic E-state index is 12.7. The van der Waals surface area contributed by atoms with Crippen LogP contribution in [0, 0.1) is 0 Å². The van der Waals surface area contributed by atoms with Gasteiger partial charge in [-0.2, -0.15) is 0 Å². The number of nitrogen functional groups attached to an aromatic ring is 1. The summed E-state index contributed by atoms with van der Waals surface area (Å²) in [6.07, 6.45) is 4.31. The average Bonchev–Trinajstić information content (AvgIpc) is 3.56. The van der Waals surface area contributed by atoms with Gasteiger partial charge in [-0.15, -0.1) is 0 Å². The summed E-state index contributed by atoms with van der Waals surface area (Å²) in [5.74, 6) is 0.216. The van der Waals surface area contributed by atoms with Gasteiger partial charge in [0.15, 0.2) is 0 Å². The third-order valence-corrected chi connectivity index (χ3v) is 6.15. The molecule has 1 saturated carbocycles. The molecule has 5 N–H and O–H groups in total. The Morgan fingerprint density at radius 1 is 1.31 bits per heavy atom. The summed E-state index contributed by atoms with van der Waals surface area (Å²) in [6.45, 7) is 1.29. The van der Waals surface area contributed by atoms with Crippen LogP contribution in [0.25, 0.3) is 0 Å². The number of nitrogens with zero attached hydrogens (tertiary/aromatic N) is 2. The van der Waals surface area contributed by atoms with Crippen molar-refractivity contribution < 1.29 is 4.79 Å². The van der Waals surface area contributed by atoms with Crippen molar-refractivity contribution in [2.45, 2.75) is 18.8 Å². The molecule has 6 nitrogen and oxygen atoms in total. The van der Waals surface area contributed by atoms with Crippen LogP contribution in [-0.2, 0) is 4.79 Å². The SMILES string of the molecule is CNC(=O)C(=Nc1ccc(Br)cc1)c1cc(C2CC2)c(N(CCN)SC)cc1N. The standard InChI is InChI=1S/C21H26BrN5OS/c1-25-21(28)20(26-15-7-5-14(22)6-8-15)17-11-16(13-3-4-13)19(12-18(17)24)27(29-2)10-9-23/h5-8,11-13H,3-4,9-10,23-24H2,1-2H3,(H,25,28). The number of halogens is 1. The van der Waals surface area contributed by atoms with Crippen molar-refractivity contribution in [3.8, 4) is 0 Å². The fraction of sp³-hybridized carbons (Fsp3) is 0.333. The van der Waals surface area contributed by atoms with Gasteiger partial charge in [-0.1, -0.05) is 27.9 Å². The molecule has 154 valence electrons. The largest absolute Gasteiger partial charge is 0.398 e. The van der Waals surface area contributed by atoms with Crippen LogP contribution < -0.4 is 21.1 Å². The van der Waals surface area contributed by atoms with Crippen LogP contribution in [0.3, 0.4) is 0 Å². The zero-order valence-electron chi connectivity index (χ0n) is 16.6. The highest BCUT2D eigenvalue weighted by molar-refractivity contribution is 9.10. The summed E-state index contributed by atoms with van der Waals surface area (Å²) in [7, 11) is 1.60. The molecule has 0 saturated heterocycles. The second-order valence-electron chi connectivity index (χ2n) is 6.86. The number of likely N-dealkylation sites (N-methyl/N-ethyl adjacent to an activating group) is 1. The number of amides is 1. The molecule has 1 fully saturated rings. The molecule has 0 spiro atoms. The van der Waals surface area contributed by atoms with Crippen LogP contribution in [0.1, 0.15) is 29.9 Å². The van der Waals surface area contributed by atoms with Crippen molar-refractivity contribution in [1.82, 2.24) is 5.32 Å². The molecule has 1 amide bonds. The Bertz CT molecular complexity index is 912. The second kappa shape index (κ2) is 9.65. The Kier molecular flexibility index (Phi) is 7.21. The molecule has 8 heteroatoms. The van der Waals surface area contributed by atoms with E-state index in [0.29, 0.717) is 35.1 Å². The molecule has 0 bridgehead atoms. The molecule has 0 aliphatic heterocycles. The number of anilines is 2. The third-order valence-electron chi connectivity index (χ3n) is 4.80. The lowest BCUT2D eigenvalue weighted by Crippen LogP contribution is -2.29. The van der Waals surface area contributed by atoms with Crippen molar-refractivity contribution in [2.24, 2.45) is 10.7 Å². The average molecular weight is 476 g/mol. The highest BCUT2D eigenvalue weighted by atomic mass is 79.9. The molecule has 29 heavy (non-hydrogen) atoms. The number of benzene rings is 2. The van der Waals surface area contributed by atoms with Gasteiger partial charge in [-0.05, 0) is 60.7 Å². The van der Waals surface area contributed by atoms with E-state index < -0.39 is 0 Å². The summed E-state index contributed by atoms with van der Waals surface area (Å²) in [5.41, 5.74) is 16.7. The summed E-state index contributed by atoms with van der Waals surface area (Å²) in [6, 6.07) is 11.5. The van der Waals surface area contributed by atoms with E-state index in [0.717, 1.165) is 29.5 Å². The number of aliphatic imine (C=N–C) groups is 1. The summed E-state index contributed by atoms with van der Waals surface area (Å²) in [5, 5.41) is 2.69. The van der Waals surface area contributed by atoms with E-state index in [4.69, 9.17) is 11.5 Å². The second-order valence-corrected chi connectivity index (χ2v) is 8.58. The number of carbonyl (C=O) groups is 1. The fourth-order valence-corrected chi connectivity index (χ4v) is 4.09. The summed E-state index contributed by atoms with van der Waals surface area (Å²) < 4.78 is 3.12. The lowest BCUT2D eigenvalue weighted by molar-refractivity contribution is -0.114. The lowest BCUT2D eigenvalue weighted by Gasteiger charge is -2.25. The smallest absolute Gasteiger partial charge is 0.270 e. The molecule has 0 heterocycles. The minimum absolute atomic E-state index is 0.266. The Hall–Kier alpha value is -2.03. The lowest BCUT2D eigenvalue weighted by atomic mass is 9.98. The van der Waals surface area contributed by atoms with Gasteiger partial charge >= 0.3 is 0 Å². The molecule has 0 atom stereocenters. The van der Waals surface area contributed by atoms with E-state index in [-0.39, 0.29) is 5.91 Å². The zero-order chi connectivity index (χ0) is 21.0. The van der Waals surface area contributed by atoms with E-state index in [1.54, 1.807) is 19.0 Å². The first-order valence-electron chi connectivity index (χ1n) is 9.50. The van der Waals surface area contributed by atoms with Crippen molar-refractivity contribution in [3.63, 3.8) is 0 Å². The molecule has 0 aromatic heterocycles. The van der Waals surface area contributed by atoms with Crippen LogP contribution in [-0.4, -0.2) is 38.0 Å². The molecule has 3 rings (SSSR count). The Morgan fingerprint density at radius 2 is 2.00 bits per heavy atom. The third kappa shape index (κ3) is 5.12. The number of nitrogens with one attached hydrogen (secondary N) is 1. The zero-order valence-corrected chi connectivity index (χ0v) is 19.0. The number of nitrogens with two attached hydrogens (primary N) is 2. The van der Waals surface area contributed by atoms with E-state index >= 15 is 0 Å². The predicted molar refractivity (Wildman–Crippen MR) is 127 cm³/mol. The van der Waals surface area contributed by atoms with Crippen molar-refractivity contribution in [1.29, 1.82) is 0 Å². The first kappa shape index (κ1) is 21.7. The van der Waals surface area contributed by atoms with Crippen molar-refractivity contribution in [3.05, 3.63) is 52.0 Å². The van der Waals surface area contributed by atoms with Crippen molar-refractivity contribution >= 4 is 56.6 Å². The van der Waals surface area contributed by atoms with Gasteiger partial charge in [0.1, 0.15) is 5.71 Å². The molecule has 2 aromatic rings. The Morgan fingerprint density at radius 3 is 2.55 bits per heavy atom. The maximum Gasteiger partial charge on any atom is 0.270 e. The quantitative estimate of drug-likeness (QED) is 0.306. The number of carbonyl (C=O) groups excluding carboxylic acids is 1. The molecule has 0 unspecified atom stereocenters. The van der Waals surface area contributed by atoms with E-state index in [1.807, 2.05) is 42.7 Å². The van der Waals surface area contributed by atoms with Crippen LogP contribution >= 0.6 is 27.9 Å². The van der Waals surface area contributed by atoms with Crippen molar-refractivity contribution in [2.75, 3.05) is 36.4 Å². The summed E-state index contributed by atoms with van der Waals surface area (Å²) in [4.78, 5) is 17.3. The Balaban J connectivity index is 2.12. The molecular formula is C21H26BrN5OS. The topological polar surface area (TPSA) is 96.7 Å². The van der Waals surface area contributed by atoms with Gasteiger partial charge in [0.05, 0.1) is 11.4 Å². The Labute approximate surface area is 184 Å². The van der Waals surface area contributed by atoms with Crippen LogP contribution in [0.2, 0.25) is 0 Å². The monoisotopic (exact) mass is 475 g/mol. The van der Waals surface area contributed by atoms with E-state index in [9.17, 15) is 4.79 Å². The van der Waals surface area contributed by atoms with Crippen LogP contribution in [0.4, 0.5) is 17.1 Å². The minimum Gasteiger partial charge on any atom is -0.398 e. The molecular weight excluding hydrogens is 450 g/mol. The highest BCUT2D eigenvalue weighted by Crippen LogP contribution is 2.46. The first-order valence-corrected chi connectivity index (χ1v) is 11.5. The van der Waals surface area contributed by atoms with Crippen LogP contribution in [0.15, 0.2) is 45.9 Å². The molecule has 1 aliphatic rings. The number of hydrogen-bond acceptors (Lipinski definition) is 6. The van der Waals surface area contributed by atoms with Gasteiger partial charge in [-0.25, -0.2) is 4.99 Å². The van der Waals surface area contributed by atoms with Gasteiger partial charge < -0.3 is 21.1 Å². The fourth-order valence-electron chi connectivity index (χ4n) is 3.19. The van der Waals surface area contributed by atoms with Gasteiger partial charge in [0.25, 0.3) is 5.91 Å². The normalized spacial score (nSPS) is 14.0.